The van der Waals surface area contributed by atoms with Gasteiger partial charge in [0.25, 0.3) is 0 Å². The van der Waals surface area contributed by atoms with Gasteiger partial charge in [0.1, 0.15) is 5.76 Å². The molecule has 1 heterocycles. The van der Waals surface area contributed by atoms with Gasteiger partial charge in [0.2, 0.25) is 8.32 Å². The fourth-order valence-corrected chi connectivity index (χ4v) is 1.70. The third kappa shape index (κ3) is 2.58. The third-order valence-electron chi connectivity index (χ3n) is 1.23. The second-order valence-corrected chi connectivity index (χ2v) is 8.04. The summed E-state index contributed by atoms with van der Waals surface area (Å²) in [6, 6.07) is 3.68. The van der Waals surface area contributed by atoms with Crippen LogP contribution in [0.15, 0.2) is 29.4 Å². The summed E-state index contributed by atoms with van der Waals surface area (Å²) < 4.78 is 10.8. The lowest BCUT2D eigenvalue weighted by Gasteiger charge is -2.19. The quantitative estimate of drug-likeness (QED) is 0.529. The highest BCUT2D eigenvalue weighted by Gasteiger charge is 2.18. The van der Waals surface area contributed by atoms with Crippen LogP contribution in [-0.4, -0.2) is 8.32 Å². The van der Waals surface area contributed by atoms with Gasteiger partial charge < -0.3 is 8.84 Å². The van der Waals surface area contributed by atoms with Crippen LogP contribution in [0.25, 0.3) is 5.76 Å². The van der Waals surface area contributed by atoms with Gasteiger partial charge in [-0.2, -0.15) is 0 Å². The van der Waals surface area contributed by atoms with Crippen molar-refractivity contribution in [2.45, 2.75) is 19.6 Å². The van der Waals surface area contributed by atoms with E-state index in [1.54, 1.807) is 6.26 Å². The molecule has 0 bridgehead atoms. The highest BCUT2D eigenvalue weighted by molar-refractivity contribution is 6.70. The van der Waals surface area contributed by atoms with Gasteiger partial charge in [-0.1, -0.05) is 6.58 Å². The molecule has 0 unspecified atom stereocenters. The van der Waals surface area contributed by atoms with Crippen molar-refractivity contribution in [1.82, 2.24) is 0 Å². The molecule has 66 valence electrons. The minimum absolute atomic E-state index is 0.638. The Bertz CT molecular complexity index is 257. The van der Waals surface area contributed by atoms with Gasteiger partial charge in [0.05, 0.1) is 6.26 Å². The van der Waals surface area contributed by atoms with Gasteiger partial charge >= 0.3 is 0 Å². The van der Waals surface area contributed by atoms with E-state index in [0.29, 0.717) is 5.76 Å². The van der Waals surface area contributed by atoms with Crippen molar-refractivity contribution in [3.8, 4) is 0 Å². The molecule has 0 atom stereocenters. The van der Waals surface area contributed by atoms with Crippen LogP contribution in [0.2, 0.25) is 19.6 Å². The molecular formula is C9H14O2Si. The molecule has 0 saturated carbocycles. The maximum atomic E-state index is 5.63. The van der Waals surface area contributed by atoms with E-state index >= 15 is 0 Å². The van der Waals surface area contributed by atoms with E-state index in [2.05, 4.69) is 26.2 Å². The summed E-state index contributed by atoms with van der Waals surface area (Å²) in [7, 11) is -1.54. The molecule has 0 aliphatic carbocycles. The molecular weight excluding hydrogens is 168 g/mol. The van der Waals surface area contributed by atoms with Crippen molar-refractivity contribution in [3.05, 3.63) is 30.7 Å². The van der Waals surface area contributed by atoms with Gasteiger partial charge in [-0.3, -0.25) is 0 Å². The molecule has 0 aromatic carbocycles. The molecule has 12 heavy (non-hydrogen) atoms. The smallest absolute Gasteiger partial charge is 0.242 e. The van der Waals surface area contributed by atoms with Gasteiger partial charge in [-0.25, -0.2) is 0 Å². The van der Waals surface area contributed by atoms with Crippen LogP contribution in [0.3, 0.4) is 0 Å². The molecule has 1 rings (SSSR count). The van der Waals surface area contributed by atoms with Crippen LogP contribution >= 0.6 is 0 Å². The average molecular weight is 182 g/mol. The number of hydrogen-bond acceptors (Lipinski definition) is 2. The summed E-state index contributed by atoms with van der Waals surface area (Å²) in [5.41, 5.74) is 0. The molecule has 1 aromatic rings. The summed E-state index contributed by atoms with van der Waals surface area (Å²) in [4.78, 5) is 0. The minimum Gasteiger partial charge on any atom is -0.542 e. The first-order chi connectivity index (χ1) is 5.49. The number of rotatable bonds is 3. The van der Waals surface area contributed by atoms with Crippen molar-refractivity contribution in [1.29, 1.82) is 0 Å². The summed E-state index contributed by atoms with van der Waals surface area (Å²) in [5.74, 6) is 1.36. The second-order valence-electron chi connectivity index (χ2n) is 3.61. The molecule has 0 radical (unpaired) electrons. The molecule has 2 nitrogen and oxygen atoms in total. The van der Waals surface area contributed by atoms with Crippen LogP contribution in [0.5, 0.6) is 0 Å². The Balaban J connectivity index is 2.63. The monoisotopic (exact) mass is 182 g/mol. The lowest BCUT2D eigenvalue weighted by molar-refractivity contribution is 0.465. The second kappa shape index (κ2) is 3.19. The van der Waals surface area contributed by atoms with E-state index in [1.165, 1.54) is 0 Å². The zero-order valence-corrected chi connectivity index (χ0v) is 8.76. The number of hydrogen-bond donors (Lipinski definition) is 0. The Labute approximate surface area is 74.0 Å². The summed E-state index contributed by atoms with van der Waals surface area (Å²) in [6.07, 6.45) is 1.62. The highest BCUT2D eigenvalue weighted by Crippen LogP contribution is 2.18. The Morgan fingerprint density at radius 2 is 2.17 bits per heavy atom. The Morgan fingerprint density at radius 1 is 1.50 bits per heavy atom. The normalized spacial score (nSPS) is 11.2. The maximum absolute atomic E-state index is 5.63. The Hall–Kier alpha value is -0.963. The molecule has 0 N–H and O–H groups in total. The van der Waals surface area contributed by atoms with Crippen molar-refractivity contribution in [2.24, 2.45) is 0 Å². The lowest BCUT2D eigenvalue weighted by atomic mass is 10.4. The summed E-state index contributed by atoms with van der Waals surface area (Å²) in [6.45, 7) is 10.1. The van der Waals surface area contributed by atoms with E-state index < -0.39 is 8.32 Å². The largest absolute Gasteiger partial charge is 0.542 e. The van der Waals surface area contributed by atoms with Crippen molar-refractivity contribution < 1.29 is 8.84 Å². The van der Waals surface area contributed by atoms with Crippen molar-refractivity contribution in [2.75, 3.05) is 0 Å². The van der Waals surface area contributed by atoms with Gasteiger partial charge in [0.15, 0.2) is 5.76 Å². The third-order valence-corrected chi connectivity index (χ3v) is 2.08. The van der Waals surface area contributed by atoms with Crippen LogP contribution < -0.4 is 0 Å². The lowest BCUT2D eigenvalue weighted by Crippen LogP contribution is -2.23. The fraction of sp³-hybridized carbons (Fsp3) is 0.333. The topological polar surface area (TPSA) is 22.4 Å². The van der Waals surface area contributed by atoms with E-state index in [-0.39, 0.29) is 0 Å². The van der Waals surface area contributed by atoms with Gasteiger partial charge in [-0.05, 0) is 31.8 Å². The average Bonchev–Trinajstić information content (AvgIpc) is 2.32. The molecule has 0 fully saturated rings. The van der Waals surface area contributed by atoms with Crippen molar-refractivity contribution in [3.63, 3.8) is 0 Å². The molecule has 0 aliphatic heterocycles. The Kier molecular flexibility index (Phi) is 2.42. The van der Waals surface area contributed by atoms with Gasteiger partial charge in [0, 0.05) is 0 Å². The first-order valence-electron chi connectivity index (χ1n) is 3.91. The first-order valence-corrected chi connectivity index (χ1v) is 7.32. The van der Waals surface area contributed by atoms with Crippen LogP contribution in [0, 0.1) is 0 Å². The van der Waals surface area contributed by atoms with Crippen molar-refractivity contribution >= 4 is 14.1 Å². The van der Waals surface area contributed by atoms with E-state index in [4.69, 9.17) is 8.84 Å². The van der Waals surface area contributed by atoms with Gasteiger partial charge in [-0.15, -0.1) is 0 Å². The van der Waals surface area contributed by atoms with E-state index in [9.17, 15) is 0 Å². The van der Waals surface area contributed by atoms with Crippen LogP contribution in [0.4, 0.5) is 0 Å². The fourth-order valence-electron chi connectivity index (χ4n) is 0.857. The van der Waals surface area contributed by atoms with E-state index in [0.717, 1.165) is 5.76 Å². The molecule has 0 amide bonds. The predicted molar refractivity (Wildman–Crippen MR) is 52.2 cm³/mol. The molecule has 0 saturated heterocycles. The first kappa shape index (κ1) is 9.13. The highest BCUT2D eigenvalue weighted by atomic mass is 28.4. The van der Waals surface area contributed by atoms with Crippen LogP contribution in [-0.2, 0) is 4.43 Å². The maximum Gasteiger partial charge on any atom is 0.242 e. The molecule has 0 spiro atoms. The Morgan fingerprint density at radius 3 is 2.58 bits per heavy atom. The minimum atomic E-state index is -1.54. The molecule has 3 heteroatoms. The number of furan rings is 1. The predicted octanol–water partition coefficient (Wildman–Crippen LogP) is 3.10. The van der Waals surface area contributed by atoms with Crippen LogP contribution in [0.1, 0.15) is 5.76 Å². The zero-order valence-electron chi connectivity index (χ0n) is 7.76. The molecule has 1 aromatic heterocycles. The van der Waals surface area contributed by atoms with E-state index in [1.807, 2.05) is 12.1 Å². The summed E-state index contributed by atoms with van der Waals surface area (Å²) >= 11 is 0. The summed E-state index contributed by atoms with van der Waals surface area (Å²) in [5, 5.41) is 0. The zero-order chi connectivity index (χ0) is 9.19. The standard InChI is InChI=1S/C9H14O2Si/c1-8(11-12(2,3)4)9-6-5-7-10-9/h5-7H,1H2,2-4H3. The molecule has 0 aliphatic rings. The SMILES string of the molecule is C=C(O[Si](C)(C)C)c1ccco1.